The number of rotatable bonds is 3. The average molecular weight is 309 g/mol. The van der Waals surface area contributed by atoms with Crippen LogP contribution in [0.4, 0.5) is 0 Å². The lowest BCUT2D eigenvalue weighted by Gasteiger charge is -2.16. The molecule has 8 heteroatoms. The molecule has 0 amide bonds. The molecule has 1 aromatic heterocycles. The van der Waals surface area contributed by atoms with Gasteiger partial charge < -0.3 is 9.73 Å². The summed E-state index contributed by atoms with van der Waals surface area (Å²) in [7, 11) is -3.50. The van der Waals surface area contributed by atoms with Gasteiger partial charge in [0.1, 0.15) is 0 Å². The molecule has 0 saturated carbocycles. The molecule has 0 N–H and O–H groups in total. The molecule has 1 aliphatic rings. The van der Waals surface area contributed by atoms with Crippen LogP contribution in [0.15, 0.2) is 39.9 Å². The second kappa shape index (κ2) is 5.12. The van der Waals surface area contributed by atoms with E-state index in [0.29, 0.717) is 30.1 Å². The van der Waals surface area contributed by atoms with Gasteiger partial charge in [-0.15, -0.1) is 0 Å². The largest absolute Gasteiger partial charge is 0.592 e. The van der Waals surface area contributed by atoms with Gasteiger partial charge in [0.2, 0.25) is 21.1 Å². The number of benzene rings is 1. The normalized spacial score (nSPS) is 20.0. The SMILES string of the molecule is Cc1ccc(S(=O)(=O)N2CCC(c3c[n+]([O-])no3)C2)cc1. The van der Waals surface area contributed by atoms with Crippen LogP contribution in [0, 0.1) is 12.1 Å². The molecule has 0 radical (unpaired) electrons. The van der Waals surface area contributed by atoms with Gasteiger partial charge in [0.05, 0.1) is 4.90 Å². The Bertz CT molecular complexity index is 739. The maximum atomic E-state index is 12.5. The Balaban J connectivity index is 1.80. The minimum atomic E-state index is -3.50. The van der Waals surface area contributed by atoms with Crippen LogP contribution in [0.2, 0.25) is 0 Å². The molecule has 2 aromatic rings. The fourth-order valence-corrected chi connectivity index (χ4v) is 3.96. The predicted octanol–water partition coefficient (Wildman–Crippen LogP) is 0.795. The molecule has 112 valence electrons. The monoisotopic (exact) mass is 309 g/mol. The number of nitrogens with zero attached hydrogens (tertiary/aromatic N) is 3. The molecular weight excluding hydrogens is 294 g/mol. The summed E-state index contributed by atoms with van der Waals surface area (Å²) in [6.07, 6.45) is 1.85. The molecule has 1 unspecified atom stereocenters. The van der Waals surface area contributed by atoms with Crippen molar-refractivity contribution in [2.75, 3.05) is 13.1 Å². The van der Waals surface area contributed by atoms with E-state index in [0.717, 1.165) is 5.56 Å². The zero-order valence-electron chi connectivity index (χ0n) is 11.5. The van der Waals surface area contributed by atoms with Crippen LogP contribution in [0.5, 0.6) is 0 Å². The first-order valence-corrected chi connectivity index (χ1v) is 8.04. The Kier molecular flexibility index (Phi) is 3.42. The molecular formula is C13H15N3O4S. The van der Waals surface area contributed by atoms with E-state index in [4.69, 9.17) is 4.52 Å². The molecule has 2 heterocycles. The Morgan fingerprint density at radius 3 is 2.71 bits per heavy atom. The minimum absolute atomic E-state index is 0.132. The van der Waals surface area contributed by atoms with Gasteiger partial charge in [0.15, 0.2) is 0 Å². The van der Waals surface area contributed by atoms with E-state index in [1.807, 2.05) is 6.92 Å². The van der Waals surface area contributed by atoms with Crippen molar-refractivity contribution in [3.63, 3.8) is 0 Å². The van der Waals surface area contributed by atoms with Gasteiger partial charge in [-0.05, 0) is 30.3 Å². The summed E-state index contributed by atoms with van der Waals surface area (Å²) in [4.78, 5) is 0.622. The first-order chi connectivity index (χ1) is 9.96. The van der Waals surface area contributed by atoms with E-state index in [1.54, 1.807) is 24.3 Å². The van der Waals surface area contributed by atoms with Crippen LogP contribution in [-0.2, 0) is 10.0 Å². The predicted molar refractivity (Wildman–Crippen MR) is 72.8 cm³/mol. The molecule has 1 aromatic carbocycles. The van der Waals surface area contributed by atoms with Crippen molar-refractivity contribution in [3.05, 3.63) is 47.0 Å². The van der Waals surface area contributed by atoms with Gasteiger partial charge in [-0.1, -0.05) is 17.7 Å². The van der Waals surface area contributed by atoms with Crippen molar-refractivity contribution >= 4 is 10.0 Å². The highest BCUT2D eigenvalue weighted by molar-refractivity contribution is 7.89. The number of aryl methyl sites for hydroxylation is 1. The van der Waals surface area contributed by atoms with Crippen LogP contribution < -0.4 is 4.85 Å². The lowest BCUT2D eigenvalue weighted by molar-refractivity contribution is -0.679. The topological polar surface area (TPSA) is 90.4 Å². The van der Waals surface area contributed by atoms with E-state index < -0.39 is 10.0 Å². The summed E-state index contributed by atoms with van der Waals surface area (Å²) in [6, 6.07) is 6.77. The van der Waals surface area contributed by atoms with Gasteiger partial charge >= 0.3 is 0 Å². The summed E-state index contributed by atoms with van der Waals surface area (Å²) in [5.74, 6) is 0.291. The summed E-state index contributed by atoms with van der Waals surface area (Å²) in [5.41, 5.74) is 1.01. The van der Waals surface area contributed by atoms with Crippen molar-refractivity contribution in [2.24, 2.45) is 0 Å². The smallest absolute Gasteiger partial charge is 0.254 e. The van der Waals surface area contributed by atoms with Crippen LogP contribution >= 0.6 is 0 Å². The van der Waals surface area contributed by atoms with Crippen LogP contribution in [0.1, 0.15) is 23.7 Å². The van der Waals surface area contributed by atoms with Crippen molar-refractivity contribution in [1.82, 2.24) is 9.58 Å². The maximum Gasteiger partial charge on any atom is 0.254 e. The summed E-state index contributed by atoms with van der Waals surface area (Å²) in [5, 5.41) is 14.2. The van der Waals surface area contributed by atoms with Gasteiger partial charge in [-0.25, -0.2) is 8.42 Å². The van der Waals surface area contributed by atoms with Crippen molar-refractivity contribution in [2.45, 2.75) is 24.2 Å². The summed E-state index contributed by atoms with van der Waals surface area (Å²) >= 11 is 0. The van der Waals surface area contributed by atoms with E-state index in [9.17, 15) is 13.6 Å². The van der Waals surface area contributed by atoms with Crippen LogP contribution in [0.3, 0.4) is 0 Å². The third kappa shape index (κ3) is 2.64. The van der Waals surface area contributed by atoms with E-state index in [1.165, 1.54) is 10.5 Å². The van der Waals surface area contributed by atoms with Crippen molar-refractivity contribution < 1.29 is 17.8 Å². The lowest BCUT2D eigenvalue weighted by Crippen LogP contribution is -2.28. The Morgan fingerprint density at radius 1 is 1.38 bits per heavy atom. The molecule has 0 aliphatic carbocycles. The highest BCUT2D eigenvalue weighted by atomic mass is 32.2. The highest BCUT2D eigenvalue weighted by Gasteiger charge is 2.35. The molecule has 1 saturated heterocycles. The number of hydrogen-bond donors (Lipinski definition) is 0. The highest BCUT2D eigenvalue weighted by Crippen LogP contribution is 2.30. The van der Waals surface area contributed by atoms with E-state index in [2.05, 4.69) is 5.27 Å². The average Bonchev–Trinajstić information content (AvgIpc) is 3.08. The maximum absolute atomic E-state index is 12.5. The number of sulfonamides is 1. The zero-order chi connectivity index (χ0) is 15.0. The minimum Gasteiger partial charge on any atom is -0.592 e. The standard InChI is InChI=1S/C13H15N3O4S/c1-10-2-4-12(5-3-10)21(18,19)15-7-6-11(8-15)13-9-16(17)14-20-13/h2-5,9,11H,6-8H2,1H3. The van der Waals surface area contributed by atoms with Gasteiger partial charge in [0.25, 0.3) is 6.20 Å². The van der Waals surface area contributed by atoms with Crippen LogP contribution in [-0.4, -0.2) is 31.1 Å². The molecule has 1 atom stereocenters. The zero-order valence-corrected chi connectivity index (χ0v) is 12.3. The first-order valence-electron chi connectivity index (χ1n) is 6.60. The Labute approximate surface area is 122 Å². The fourth-order valence-electron chi connectivity index (χ4n) is 2.46. The first kappa shape index (κ1) is 14.0. The number of hydrogen-bond acceptors (Lipinski definition) is 5. The molecule has 0 spiro atoms. The molecule has 3 rings (SSSR count). The van der Waals surface area contributed by atoms with Gasteiger partial charge in [0, 0.05) is 19.0 Å². The molecule has 0 bridgehead atoms. The second-order valence-corrected chi connectivity index (χ2v) is 7.11. The van der Waals surface area contributed by atoms with Crippen molar-refractivity contribution in [3.8, 4) is 0 Å². The quantitative estimate of drug-likeness (QED) is 0.618. The van der Waals surface area contributed by atoms with Gasteiger partial charge in [-0.3, -0.25) is 0 Å². The third-order valence-corrected chi connectivity index (χ3v) is 5.56. The molecule has 21 heavy (non-hydrogen) atoms. The second-order valence-electron chi connectivity index (χ2n) is 5.17. The molecule has 1 fully saturated rings. The van der Waals surface area contributed by atoms with Gasteiger partial charge in [-0.2, -0.15) is 4.31 Å². The molecule has 1 aliphatic heterocycles. The Hall–Kier alpha value is -1.93. The lowest BCUT2D eigenvalue weighted by atomic mass is 10.1. The van der Waals surface area contributed by atoms with Crippen molar-refractivity contribution in [1.29, 1.82) is 0 Å². The van der Waals surface area contributed by atoms with E-state index in [-0.39, 0.29) is 10.8 Å². The number of aromatic nitrogens is 2. The van der Waals surface area contributed by atoms with E-state index >= 15 is 0 Å². The fraction of sp³-hybridized carbons (Fsp3) is 0.385. The third-order valence-electron chi connectivity index (χ3n) is 3.68. The summed E-state index contributed by atoms with van der Waals surface area (Å²) < 4.78 is 31.4. The Morgan fingerprint density at radius 2 is 2.10 bits per heavy atom. The van der Waals surface area contributed by atoms with Crippen LogP contribution in [0.25, 0.3) is 0 Å². The molecule has 7 nitrogen and oxygen atoms in total. The summed E-state index contributed by atoms with van der Waals surface area (Å²) in [6.45, 7) is 2.61.